The Balaban J connectivity index is 1.93. The van der Waals surface area contributed by atoms with Crippen molar-refractivity contribution >= 4 is 22.9 Å². The highest BCUT2D eigenvalue weighted by Gasteiger charge is 2.33. The van der Waals surface area contributed by atoms with Gasteiger partial charge in [-0.15, -0.1) is 0 Å². The van der Waals surface area contributed by atoms with Crippen LogP contribution in [0.4, 0.5) is 5.69 Å². The van der Waals surface area contributed by atoms with Gasteiger partial charge >= 0.3 is 0 Å². The number of hydrogen-bond acceptors (Lipinski definition) is 4. The van der Waals surface area contributed by atoms with Crippen molar-refractivity contribution in [2.45, 2.75) is 13.0 Å². The molecule has 1 aliphatic heterocycles. The van der Waals surface area contributed by atoms with Crippen LogP contribution in [-0.4, -0.2) is 31.7 Å². The molecule has 4 nitrogen and oxygen atoms in total. The summed E-state index contributed by atoms with van der Waals surface area (Å²) in [5.41, 5.74) is 0.872. The van der Waals surface area contributed by atoms with Gasteiger partial charge in [-0.1, -0.05) is 6.92 Å². The Bertz CT molecular complexity index is 340. The second-order valence-corrected chi connectivity index (χ2v) is 4.59. The van der Waals surface area contributed by atoms with Crippen molar-refractivity contribution in [1.82, 2.24) is 5.32 Å². The Kier molecular flexibility index (Phi) is 3.93. The van der Waals surface area contributed by atoms with Crippen molar-refractivity contribution in [3.05, 3.63) is 16.8 Å². The Morgan fingerprint density at radius 2 is 2.50 bits per heavy atom. The maximum absolute atomic E-state index is 12.0. The number of amides is 1. The quantitative estimate of drug-likeness (QED) is 0.834. The summed E-state index contributed by atoms with van der Waals surface area (Å²) < 4.78 is 5.34. The predicted octanol–water partition coefficient (Wildman–Crippen LogP) is 1.31. The summed E-state index contributed by atoms with van der Waals surface area (Å²) >= 11 is 1.57. The molecule has 16 heavy (non-hydrogen) atoms. The van der Waals surface area contributed by atoms with Crippen molar-refractivity contribution in [3.63, 3.8) is 0 Å². The molecule has 0 saturated carbocycles. The number of thiophene rings is 1. The topological polar surface area (TPSA) is 50.4 Å². The lowest BCUT2D eigenvalue weighted by atomic mass is 10.0. The first-order chi connectivity index (χ1) is 7.81. The van der Waals surface area contributed by atoms with Crippen LogP contribution in [0.1, 0.15) is 6.92 Å². The smallest absolute Gasteiger partial charge is 0.231 e. The van der Waals surface area contributed by atoms with Crippen LogP contribution in [0.2, 0.25) is 0 Å². The normalized spacial score (nSPS) is 24.6. The summed E-state index contributed by atoms with van der Waals surface area (Å²) in [6, 6.07) is 2.05. The van der Waals surface area contributed by atoms with Crippen molar-refractivity contribution < 1.29 is 9.53 Å². The third-order valence-corrected chi connectivity index (χ3v) is 3.36. The highest BCUT2D eigenvalue weighted by Crippen LogP contribution is 2.18. The lowest BCUT2D eigenvalue weighted by molar-refractivity contribution is -0.120. The van der Waals surface area contributed by atoms with Gasteiger partial charge in [0.05, 0.1) is 24.8 Å². The summed E-state index contributed by atoms with van der Waals surface area (Å²) in [7, 11) is 0. The SMILES string of the molecule is CCNC1COCC1C(=O)Nc1ccsc1. The zero-order chi connectivity index (χ0) is 11.4. The molecule has 1 fully saturated rings. The molecule has 88 valence electrons. The van der Waals surface area contributed by atoms with E-state index in [0.29, 0.717) is 13.2 Å². The van der Waals surface area contributed by atoms with Gasteiger partial charge in [-0.3, -0.25) is 4.79 Å². The lowest BCUT2D eigenvalue weighted by Crippen LogP contribution is -2.41. The molecule has 0 aliphatic carbocycles. The number of hydrogen-bond donors (Lipinski definition) is 2. The van der Waals surface area contributed by atoms with Crippen molar-refractivity contribution in [2.75, 3.05) is 25.1 Å². The lowest BCUT2D eigenvalue weighted by Gasteiger charge is -2.17. The van der Waals surface area contributed by atoms with Gasteiger partial charge in [-0.2, -0.15) is 11.3 Å². The molecule has 1 aromatic rings. The number of ether oxygens (including phenoxy) is 1. The Hall–Kier alpha value is -0.910. The summed E-state index contributed by atoms with van der Waals surface area (Å²) in [5, 5.41) is 10.0. The average molecular weight is 240 g/mol. The van der Waals surface area contributed by atoms with Gasteiger partial charge in [0.1, 0.15) is 0 Å². The number of carbonyl (C=O) groups is 1. The monoisotopic (exact) mass is 240 g/mol. The first-order valence-corrected chi connectivity index (χ1v) is 6.39. The van der Waals surface area contributed by atoms with E-state index in [1.165, 1.54) is 0 Å². The van der Waals surface area contributed by atoms with Gasteiger partial charge in [0, 0.05) is 11.4 Å². The van der Waals surface area contributed by atoms with E-state index < -0.39 is 0 Å². The van der Waals surface area contributed by atoms with Crippen LogP contribution in [-0.2, 0) is 9.53 Å². The van der Waals surface area contributed by atoms with E-state index in [-0.39, 0.29) is 17.9 Å². The van der Waals surface area contributed by atoms with Crippen LogP contribution in [0.5, 0.6) is 0 Å². The molecule has 2 heterocycles. The van der Waals surface area contributed by atoms with E-state index in [4.69, 9.17) is 4.74 Å². The molecule has 1 saturated heterocycles. The molecular weight excluding hydrogens is 224 g/mol. The minimum Gasteiger partial charge on any atom is -0.379 e. The fraction of sp³-hybridized carbons (Fsp3) is 0.545. The zero-order valence-electron chi connectivity index (χ0n) is 9.23. The third-order valence-electron chi connectivity index (χ3n) is 2.67. The first kappa shape index (κ1) is 11.6. The molecular formula is C11H16N2O2S. The van der Waals surface area contributed by atoms with Crippen LogP contribution in [0, 0.1) is 5.92 Å². The van der Waals surface area contributed by atoms with E-state index in [1.807, 2.05) is 23.8 Å². The second kappa shape index (κ2) is 5.43. The highest BCUT2D eigenvalue weighted by atomic mass is 32.1. The minimum atomic E-state index is -0.0835. The fourth-order valence-electron chi connectivity index (χ4n) is 1.85. The maximum Gasteiger partial charge on any atom is 0.231 e. The molecule has 2 N–H and O–H groups in total. The van der Waals surface area contributed by atoms with E-state index >= 15 is 0 Å². The van der Waals surface area contributed by atoms with Crippen LogP contribution >= 0.6 is 11.3 Å². The van der Waals surface area contributed by atoms with Crippen molar-refractivity contribution in [2.24, 2.45) is 5.92 Å². The van der Waals surface area contributed by atoms with Gasteiger partial charge in [0.15, 0.2) is 0 Å². The van der Waals surface area contributed by atoms with Crippen LogP contribution in [0.3, 0.4) is 0 Å². The van der Waals surface area contributed by atoms with E-state index in [0.717, 1.165) is 12.2 Å². The van der Waals surface area contributed by atoms with Gasteiger partial charge in [0.2, 0.25) is 5.91 Å². The molecule has 1 aromatic heterocycles. The molecule has 0 aromatic carbocycles. The molecule has 2 atom stereocenters. The second-order valence-electron chi connectivity index (χ2n) is 3.81. The zero-order valence-corrected chi connectivity index (χ0v) is 10.0. The Morgan fingerprint density at radius 1 is 1.62 bits per heavy atom. The average Bonchev–Trinajstić information content (AvgIpc) is 2.89. The molecule has 0 radical (unpaired) electrons. The predicted molar refractivity (Wildman–Crippen MR) is 64.7 cm³/mol. The van der Waals surface area contributed by atoms with E-state index in [2.05, 4.69) is 10.6 Å². The van der Waals surface area contributed by atoms with E-state index in [1.54, 1.807) is 11.3 Å². The van der Waals surface area contributed by atoms with Crippen LogP contribution in [0.25, 0.3) is 0 Å². The fourth-order valence-corrected chi connectivity index (χ4v) is 2.43. The third kappa shape index (κ3) is 2.61. The Morgan fingerprint density at radius 3 is 3.19 bits per heavy atom. The number of rotatable bonds is 4. The van der Waals surface area contributed by atoms with Gasteiger partial charge < -0.3 is 15.4 Å². The maximum atomic E-state index is 12.0. The number of carbonyl (C=O) groups excluding carboxylic acids is 1. The molecule has 1 amide bonds. The van der Waals surface area contributed by atoms with Crippen molar-refractivity contribution in [1.29, 1.82) is 0 Å². The molecule has 2 rings (SSSR count). The molecule has 1 aliphatic rings. The molecule has 0 spiro atoms. The van der Waals surface area contributed by atoms with Gasteiger partial charge in [0.25, 0.3) is 0 Å². The minimum absolute atomic E-state index is 0.0434. The summed E-state index contributed by atoms with van der Waals surface area (Å²) in [4.78, 5) is 12.0. The first-order valence-electron chi connectivity index (χ1n) is 5.45. The van der Waals surface area contributed by atoms with E-state index in [9.17, 15) is 4.79 Å². The van der Waals surface area contributed by atoms with Crippen molar-refractivity contribution in [3.8, 4) is 0 Å². The molecule has 5 heteroatoms. The molecule has 2 unspecified atom stereocenters. The summed E-state index contributed by atoms with van der Waals surface area (Å²) in [6.45, 7) is 4.02. The number of anilines is 1. The Labute approximate surface area is 99.0 Å². The number of nitrogens with one attached hydrogen (secondary N) is 2. The van der Waals surface area contributed by atoms with Crippen LogP contribution in [0.15, 0.2) is 16.8 Å². The number of likely N-dealkylation sites (N-methyl/N-ethyl adjacent to an activating group) is 1. The van der Waals surface area contributed by atoms with Gasteiger partial charge in [-0.25, -0.2) is 0 Å². The summed E-state index contributed by atoms with van der Waals surface area (Å²) in [5.74, 6) is -0.0401. The largest absolute Gasteiger partial charge is 0.379 e. The standard InChI is InChI=1S/C11H16N2O2S/c1-2-12-10-6-15-5-9(10)11(14)13-8-3-4-16-7-8/h3-4,7,9-10,12H,2,5-6H2,1H3,(H,13,14). The van der Waals surface area contributed by atoms with Crippen LogP contribution < -0.4 is 10.6 Å². The summed E-state index contributed by atoms with van der Waals surface area (Å²) in [6.07, 6.45) is 0. The highest BCUT2D eigenvalue weighted by molar-refractivity contribution is 7.08. The molecule has 0 bridgehead atoms. The van der Waals surface area contributed by atoms with Gasteiger partial charge in [-0.05, 0) is 18.0 Å².